The number of carboxylic acids is 1. The molecule has 60 heavy (non-hydrogen) atoms. The number of likely N-dealkylation sites (N-methyl/N-ethyl adjacent to an activating group) is 1. The number of hydrogen-bond donors (Lipinski definition) is 4. The molecule has 0 fully saturated rings. The van der Waals surface area contributed by atoms with E-state index in [2.05, 4.69) is 27.7 Å². The molecule has 4 N–H and O–H groups in total. The van der Waals surface area contributed by atoms with Crippen molar-refractivity contribution >= 4 is 51.0 Å². The Morgan fingerprint density at radius 1 is 0.800 bits per heavy atom. The van der Waals surface area contributed by atoms with Crippen LogP contribution < -0.4 is 39.4 Å². The van der Waals surface area contributed by atoms with Gasteiger partial charge in [-0.3, -0.25) is 14.1 Å². The molecular formula is C44H44N4O11S. The highest BCUT2D eigenvalue weighted by atomic mass is 32.2. The van der Waals surface area contributed by atoms with E-state index in [-0.39, 0.29) is 47.6 Å². The van der Waals surface area contributed by atoms with Crippen LogP contribution in [0.4, 0.5) is 22.7 Å². The number of aromatic carboxylic acids is 1. The molecule has 2 aliphatic heterocycles. The highest BCUT2D eigenvalue weighted by molar-refractivity contribution is 7.85. The van der Waals surface area contributed by atoms with Crippen molar-refractivity contribution in [2.75, 3.05) is 60.7 Å². The van der Waals surface area contributed by atoms with Crippen LogP contribution in [0, 0.1) is 0 Å². The van der Waals surface area contributed by atoms with E-state index >= 15 is 0 Å². The van der Waals surface area contributed by atoms with Gasteiger partial charge in [0, 0.05) is 54.9 Å². The number of aldehydes is 1. The quantitative estimate of drug-likeness (QED) is 0.0602. The summed E-state index contributed by atoms with van der Waals surface area (Å²) in [6, 6.07) is 26.6. The van der Waals surface area contributed by atoms with Gasteiger partial charge in [0.2, 0.25) is 0 Å². The molecule has 0 spiro atoms. The molecule has 5 aromatic rings. The Labute approximate surface area is 347 Å². The second-order valence-electron chi connectivity index (χ2n) is 14.4. The first-order valence-electron chi connectivity index (χ1n) is 19.0. The van der Waals surface area contributed by atoms with Gasteiger partial charge in [-0.15, -0.1) is 0 Å². The van der Waals surface area contributed by atoms with Crippen LogP contribution in [-0.2, 0) is 36.2 Å². The fourth-order valence-electron chi connectivity index (χ4n) is 7.54. The predicted molar refractivity (Wildman–Crippen MR) is 226 cm³/mol. The number of hydrogen-bond acceptors (Lipinski definition) is 12. The number of para-hydroxylation sites is 2. The van der Waals surface area contributed by atoms with Crippen molar-refractivity contribution in [3.05, 3.63) is 130 Å². The van der Waals surface area contributed by atoms with Crippen molar-refractivity contribution < 1.29 is 51.4 Å². The fourth-order valence-corrected chi connectivity index (χ4v) is 7.88. The molecule has 0 saturated carbocycles. The Balaban J connectivity index is 1.10. The van der Waals surface area contributed by atoms with Crippen LogP contribution in [0.2, 0.25) is 0 Å². The van der Waals surface area contributed by atoms with Gasteiger partial charge in [0.15, 0.2) is 29.3 Å². The number of carboxylic acid groups (broad SMARTS) is 1. The molecule has 0 aliphatic carbocycles. The smallest absolute Gasteiger partial charge is 0.335 e. The number of carbonyl (C=O) groups excluding carboxylic acids is 2. The van der Waals surface area contributed by atoms with Gasteiger partial charge in [-0.05, 0) is 77.6 Å². The molecule has 0 radical (unpaired) electrons. The average Bonchev–Trinajstić information content (AvgIpc) is 3.83. The lowest BCUT2D eigenvalue weighted by atomic mass is 10.1. The lowest BCUT2D eigenvalue weighted by Crippen LogP contribution is -2.34. The maximum absolute atomic E-state index is 13.9. The van der Waals surface area contributed by atoms with Crippen molar-refractivity contribution in [2.45, 2.75) is 32.1 Å². The molecular weight excluding hydrogens is 793 g/mol. The predicted octanol–water partition coefficient (Wildman–Crippen LogP) is 6.31. The van der Waals surface area contributed by atoms with Gasteiger partial charge in [0.25, 0.3) is 16.0 Å². The average molecular weight is 837 g/mol. The molecule has 0 saturated heterocycles. The van der Waals surface area contributed by atoms with Crippen molar-refractivity contribution in [3.63, 3.8) is 0 Å². The number of amides is 1. The maximum Gasteiger partial charge on any atom is 0.335 e. The summed E-state index contributed by atoms with van der Waals surface area (Å²) in [7, 11) is 0.392. The molecule has 2 heterocycles. The first-order chi connectivity index (χ1) is 28.8. The number of fused-ring (bicyclic) bond motifs is 2. The van der Waals surface area contributed by atoms with Gasteiger partial charge in [-0.2, -0.15) is 8.42 Å². The molecule has 1 amide bonds. The van der Waals surface area contributed by atoms with E-state index in [1.54, 1.807) is 23.1 Å². The molecule has 7 rings (SSSR count). The fraction of sp³-hybridized carbons (Fsp3) is 0.250. The molecule has 15 nitrogen and oxygen atoms in total. The Hall–Kier alpha value is -6.78. The maximum atomic E-state index is 13.9. The van der Waals surface area contributed by atoms with E-state index in [9.17, 15) is 32.5 Å². The number of anilines is 4. The van der Waals surface area contributed by atoms with E-state index < -0.39 is 27.9 Å². The second kappa shape index (κ2) is 17.6. The van der Waals surface area contributed by atoms with Crippen molar-refractivity contribution in [1.82, 2.24) is 0 Å². The Bertz CT molecular complexity index is 2560. The normalized spacial score (nSPS) is 14.2. The molecule has 312 valence electrons. The number of nitrogens with one attached hydrogen (secondary N) is 2. The summed E-state index contributed by atoms with van der Waals surface area (Å²) in [6.07, 6.45) is 2.23. The minimum Gasteiger partial charge on any atom is -0.493 e. The molecule has 2 aliphatic rings. The van der Waals surface area contributed by atoms with E-state index in [0.717, 1.165) is 29.6 Å². The summed E-state index contributed by atoms with van der Waals surface area (Å²) < 4.78 is 56.5. The second-order valence-corrected chi connectivity index (χ2v) is 15.8. The number of benzene rings is 5. The third-order valence-corrected chi connectivity index (χ3v) is 11.1. The van der Waals surface area contributed by atoms with Crippen LogP contribution in [0.1, 0.15) is 53.3 Å². The Morgan fingerprint density at radius 3 is 2.03 bits per heavy atom. The van der Waals surface area contributed by atoms with Crippen LogP contribution in [-0.4, -0.2) is 82.5 Å². The molecule has 16 heteroatoms. The highest BCUT2D eigenvalue weighted by Crippen LogP contribution is 2.38. The lowest BCUT2D eigenvalue weighted by molar-refractivity contribution is 0.0696. The van der Waals surface area contributed by atoms with E-state index in [0.29, 0.717) is 53.4 Å². The topological polar surface area (TPSA) is 193 Å². The Kier molecular flexibility index (Phi) is 12.1. The molecule has 5 aromatic carbocycles. The van der Waals surface area contributed by atoms with Gasteiger partial charge in [-0.25, -0.2) is 4.79 Å². The van der Waals surface area contributed by atoms with Crippen LogP contribution >= 0.6 is 0 Å². The highest BCUT2D eigenvalue weighted by Gasteiger charge is 2.29. The van der Waals surface area contributed by atoms with Gasteiger partial charge in [0.05, 0.1) is 37.1 Å². The number of ether oxygens (including phenoxy) is 4. The minimum absolute atomic E-state index is 0.0312. The number of rotatable bonds is 17. The van der Waals surface area contributed by atoms with E-state index in [1.165, 1.54) is 44.0 Å². The lowest BCUT2D eigenvalue weighted by Gasteiger charge is -2.24. The van der Waals surface area contributed by atoms with Crippen molar-refractivity contribution in [3.8, 4) is 23.0 Å². The van der Waals surface area contributed by atoms with Crippen LogP contribution in [0.15, 0.2) is 91.0 Å². The summed E-state index contributed by atoms with van der Waals surface area (Å²) in [6.45, 7) is 0.719. The van der Waals surface area contributed by atoms with Crippen molar-refractivity contribution in [1.29, 1.82) is 0 Å². The summed E-state index contributed by atoms with van der Waals surface area (Å²) in [4.78, 5) is 42.1. The first-order valence-corrected chi connectivity index (χ1v) is 20.6. The summed E-state index contributed by atoms with van der Waals surface area (Å²) >= 11 is 0. The minimum atomic E-state index is -4.49. The molecule has 0 aromatic heterocycles. The Morgan fingerprint density at radius 2 is 1.42 bits per heavy atom. The zero-order valence-electron chi connectivity index (χ0n) is 33.1. The molecule has 0 bridgehead atoms. The molecule has 1 unspecified atom stereocenters. The third kappa shape index (κ3) is 9.09. The monoisotopic (exact) mass is 836 g/mol. The number of methoxy groups -OCH3 is 2. The van der Waals surface area contributed by atoms with Crippen LogP contribution in [0.3, 0.4) is 0 Å². The molecule has 1 atom stereocenters. The largest absolute Gasteiger partial charge is 0.493 e. The SMILES string of the molecule is COc1cc(C=O)c(NCC2Cc3ccccc3N2C)cc1OCc1cc(COc2cc(NCS(=O)(=O)O)c(C(=O)N3CCc4ccccc43)cc2OC)cc(C(=O)O)c1. The first kappa shape index (κ1) is 41.4. The van der Waals surface area contributed by atoms with Gasteiger partial charge in [-0.1, -0.05) is 36.4 Å². The van der Waals surface area contributed by atoms with Gasteiger partial charge >= 0.3 is 5.97 Å². The van der Waals surface area contributed by atoms with E-state index in [4.69, 9.17) is 18.9 Å². The van der Waals surface area contributed by atoms with Gasteiger partial charge in [0.1, 0.15) is 19.1 Å². The zero-order chi connectivity index (χ0) is 42.6. The summed E-state index contributed by atoms with van der Waals surface area (Å²) in [5.41, 5.74) is 6.12. The zero-order valence-corrected chi connectivity index (χ0v) is 34.0. The summed E-state index contributed by atoms with van der Waals surface area (Å²) in [5.74, 6) is -1.58. The van der Waals surface area contributed by atoms with Crippen LogP contribution in [0.25, 0.3) is 0 Å². The summed E-state index contributed by atoms with van der Waals surface area (Å²) in [5, 5.41) is 16.0. The third-order valence-electron chi connectivity index (χ3n) is 10.6. The standard InChI is InChI=1S/C44H44N4O11S/c1-47-33(17-30-9-5-6-10-37(30)47)22-45-35-20-41(39(56-2)18-32(35)23-49)58-24-27-14-28(16-31(15-27)44(51)52)25-59-42-21-36(46-26-60(53,54)55)34(19-40(42)57-3)43(50)48-13-12-29-8-4-7-11-38(29)48/h4-11,14-16,18-21,23,33,45-46H,12-13,17,22,24-26H2,1-3H3,(H,51,52)(H,53,54,55). The van der Waals surface area contributed by atoms with Crippen LogP contribution in [0.5, 0.6) is 23.0 Å². The number of nitrogens with zero attached hydrogens (tertiary/aromatic N) is 2. The van der Waals surface area contributed by atoms with E-state index in [1.807, 2.05) is 43.4 Å². The van der Waals surface area contributed by atoms with Crippen molar-refractivity contribution in [2.24, 2.45) is 0 Å². The number of carbonyl (C=O) groups is 3. The van der Waals surface area contributed by atoms with Gasteiger partial charge < -0.3 is 44.5 Å².